The second-order valence-electron chi connectivity index (χ2n) is 3.02. The van der Waals surface area contributed by atoms with Crippen molar-refractivity contribution in [3.8, 4) is 0 Å². The van der Waals surface area contributed by atoms with E-state index >= 15 is 0 Å². The lowest BCUT2D eigenvalue weighted by Crippen LogP contribution is -2.41. The number of aliphatic hydroxyl groups excluding tert-OH is 1. The highest BCUT2D eigenvalue weighted by Gasteiger charge is 2.42. The van der Waals surface area contributed by atoms with Crippen LogP contribution in [-0.2, 0) is 14.2 Å². The van der Waals surface area contributed by atoms with Gasteiger partial charge >= 0.3 is 0 Å². The Balaban J connectivity index is 1.99. The minimum atomic E-state index is -0.878. The van der Waals surface area contributed by atoms with E-state index in [2.05, 4.69) is 0 Å². The zero-order valence-electron chi connectivity index (χ0n) is 6.97. The van der Waals surface area contributed by atoms with E-state index in [4.69, 9.17) is 14.2 Å². The van der Waals surface area contributed by atoms with Crippen molar-refractivity contribution in [3.05, 3.63) is 0 Å². The summed E-state index contributed by atoms with van der Waals surface area (Å²) >= 11 is 0. The lowest BCUT2D eigenvalue weighted by atomic mass is 10.3. The van der Waals surface area contributed by atoms with Crippen molar-refractivity contribution in [2.45, 2.75) is 18.6 Å². The predicted octanol–water partition coefficient (Wildman–Crippen LogP) is -1.03. The summed E-state index contributed by atoms with van der Waals surface area (Å²) in [5.41, 5.74) is 0. The first-order valence-corrected chi connectivity index (χ1v) is 3.99. The summed E-state index contributed by atoms with van der Waals surface area (Å²) in [5, 5.41) is 9.36. The van der Waals surface area contributed by atoms with E-state index in [0.717, 1.165) is 0 Å². The molecule has 5 heteroatoms. The quantitative estimate of drug-likeness (QED) is 0.544. The molecule has 2 fully saturated rings. The van der Waals surface area contributed by atoms with Crippen molar-refractivity contribution >= 4 is 0 Å². The lowest BCUT2D eigenvalue weighted by Gasteiger charge is -2.23. The molecule has 2 aliphatic heterocycles. The molecule has 0 aliphatic carbocycles. The number of ether oxygens (including phenoxy) is 3. The van der Waals surface area contributed by atoms with Gasteiger partial charge in [0.2, 0.25) is 0 Å². The van der Waals surface area contributed by atoms with Crippen LogP contribution in [0, 0.1) is 0 Å². The fourth-order valence-corrected chi connectivity index (χ4v) is 1.59. The maximum absolute atomic E-state index is 9.36. The Kier molecular flexibility index (Phi) is 2.29. The molecule has 3 unspecified atom stereocenters. The minimum absolute atomic E-state index is 0.291. The Labute approximate surface area is 70.8 Å². The molecule has 0 aromatic carbocycles. The summed E-state index contributed by atoms with van der Waals surface area (Å²) in [6, 6.07) is 0.291. The molecule has 2 saturated heterocycles. The van der Waals surface area contributed by atoms with Crippen LogP contribution in [0.25, 0.3) is 0 Å². The number of methoxy groups -OCH3 is 1. The Hall–Kier alpha value is -0.200. The maximum atomic E-state index is 9.36. The smallest absolute Gasteiger partial charge is 0.195 e. The molecule has 0 spiro atoms. The van der Waals surface area contributed by atoms with Crippen LogP contribution in [0.1, 0.15) is 0 Å². The van der Waals surface area contributed by atoms with Crippen LogP contribution < -0.4 is 0 Å². The van der Waals surface area contributed by atoms with Crippen LogP contribution in [0.3, 0.4) is 0 Å². The van der Waals surface area contributed by atoms with Crippen LogP contribution in [-0.4, -0.2) is 55.6 Å². The average Bonchev–Trinajstić information content (AvgIpc) is 2.62. The fourth-order valence-electron chi connectivity index (χ4n) is 1.59. The topological polar surface area (TPSA) is 51.2 Å². The molecular weight excluding hydrogens is 162 g/mol. The minimum Gasteiger partial charge on any atom is -0.365 e. The van der Waals surface area contributed by atoms with Crippen molar-refractivity contribution in [3.63, 3.8) is 0 Å². The highest BCUT2D eigenvalue weighted by atomic mass is 16.6. The number of aliphatic hydroxyl groups is 1. The largest absolute Gasteiger partial charge is 0.365 e. The Morgan fingerprint density at radius 3 is 3.17 bits per heavy atom. The van der Waals surface area contributed by atoms with E-state index in [-0.39, 0.29) is 6.23 Å². The van der Waals surface area contributed by atoms with Crippen LogP contribution in [0.2, 0.25) is 0 Å². The van der Waals surface area contributed by atoms with Gasteiger partial charge in [0.05, 0.1) is 19.3 Å². The van der Waals surface area contributed by atoms with Crippen LogP contribution in [0.5, 0.6) is 0 Å². The van der Waals surface area contributed by atoms with Gasteiger partial charge in [-0.25, -0.2) is 4.90 Å². The molecule has 12 heavy (non-hydrogen) atoms. The molecule has 2 aliphatic rings. The lowest BCUT2D eigenvalue weighted by molar-refractivity contribution is -0.188. The van der Waals surface area contributed by atoms with Gasteiger partial charge in [-0.3, -0.25) is 0 Å². The summed E-state index contributed by atoms with van der Waals surface area (Å²) in [6.45, 7) is 1.83. The molecule has 0 aromatic rings. The fraction of sp³-hybridized carbons (Fsp3) is 1.00. The van der Waals surface area contributed by atoms with Crippen molar-refractivity contribution in [2.75, 3.05) is 27.1 Å². The van der Waals surface area contributed by atoms with Crippen molar-refractivity contribution in [1.29, 1.82) is 0 Å². The Morgan fingerprint density at radius 2 is 2.42 bits per heavy atom. The number of nitrogens with zero attached hydrogens (tertiary/aromatic N) is 1. The highest BCUT2D eigenvalue weighted by Crippen LogP contribution is 2.24. The van der Waals surface area contributed by atoms with E-state index in [1.807, 2.05) is 4.90 Å². The van der Waals surface area contributed by atoms with E-state index in [0.29, 0.717) is 26.0 Å². The maximum Gasteiger partial charge on any atom is 0.195 e. The standard InChI is InChI=1S/C7H13NO4/c1-10-7(9)6-8-4-11-2-5(8)3-12-6/h5-7,9H,2-4H2,1H3. The van der Waals surface area contributed by atoms with Crippen LogP contribution >= 0.6 is 0 Å². The molecule has 0 radical (unpaired) electrons. The molecule has 2 rings (SSSR count). The SMILES string of the molecule is COC(O)C1OCC2COCN21. The van der Waals surface area contributed by atoms with Crippen molar-refractivity contribution in [2.24, 2.45) is 0 Å². The molecule has 0 bridgehead atoms. The number of hydrogen-bond donors (Lipinski definition) is 1. The molecule has 0 saturated carbocycles. The monoisotopic (exact) mass is 175 g/mol. The molecule has 0 amide bonds. The first kappa shape index (κ1) is 8.40. The number of fused-ring (bicyclic) bond motifs is 1. The molecule has 70 valence electrons. The summed E-state index contributed by atoms with van der Waals surface area (Å²) in [5.74, 6) is 0. The average molecular weight is 175 g/mol. The summed E-state index contributed by atoms with van der Waals surface area (Å²) in [7, 11) is 1.46. The Bertz CT molecular complexity index is 165. The van der Waals surface area contributed by atoms with E-state index in [9.17, 15) is 5.11 Å². The summed E-state index contributed by atoms with van der Waals surface area (Å²) in [6.07, 6.45) is -1.24. The van der Waals surface area contributed by atoms with E-state index < -0.39 is 6.29 Å². The van der Waals surface area contributed by atoms with Gasteiger partial charge in [-0.2, -0.15) is 0 Å². The normalized spacial score (nSPS) is 38.5. The molecule has 3 atom stereocenters. The van der Waals surface area contributed by atoms with Crippen LogP contribution in [0.4, 0.5) is 0 Å². The van der Waals surface area contributed by atoms with Gasteiger partial charge in [-0.15, -0.1) is 0 Å². The van der Waals surface area contributed by atoms with Gasteiger partial charge in [-0.1, -0.05) is 0 Å². The second-order valence-corrected chi connectivity index (χ2v) is 3.02. The third-order valence-electron chi connectivity index (χ3n) is 2.29. The third-order valence-corrected chi connectivity index (χ3v) is 2.29. The highest BCUT2D eigenvalue weighted by molar-refractivity contribution is 4.83. The molecule has 0 aromatic heterocycles. The van der Waals surface area contributed by atoms with Gasteiger partial charge in [-0.05, 0) is 0 Å². The zero-order chi connectivity index (χ0) is 8.55. The van der Waals surface area contributed by atoms with E-state index in [1.165, 1.54) is 7.11 Å². The molecular formula is C7H13NO4. The first-order valence-electron chi connectivity index (χ1n) is 3.99. The second kappa shape index (κ2) is 3.27. The predicted molar refractivity (Wildman–Crippen MR) is 39.2 cm³/mol. The summed E-state index contributed by atoms with van der Waals surface area (Å²) < 4.78 is 15.3. The molecule has 1 N–H and O–H groups in total. The summed E-state index contributed by atoms with van der Waals surface area (Å²) in [4.78, 5) is 1.97. The Morgan fingerprint density at radius 1 is 1.58 bits per heavy atom. The molecule has 5 nitrogen and oxygen atoms in total. The zero-order valence-corrected chi connectivity index (χ0v) is 6.97. The van der Waals surface area contributed by atoms with Gasteiger partial charge in [0.15, 0.2) is 12.5 Å². The first-order chi connectivity index (χ1) is 5.83. The van der Waals surface area contributed by atoms with Gasteiger partial charge in [0.1, 0.15) is 6.73 Å². The molecule has 2 heterocycles. The number of hydrogen-bond acceptors (Lipinski definition) is 5. The van der Waals surface area contributed by atoms with E-state index in [1.54, 1.807) is 0 Å². The van der Waals surface area contributed by atoms with Gasteiger partial charge in [0, 0.05) is 7.11 Å². The van der Waals surface area contributed by atoms with Crippen molar-refractivity contribution < 1.29 is 19.3 Å². The third kappa shape index (κ3) is 1.23. The van der Waals surface area contributed by atoms with Crippen molar-refractivity contribution in [1.82, 2.24) is 4.90 Å². The van der Waals surface area contributed by atoms with Gasteiger partial charge < -0.3 is 19.3 Å². The van der Waals surface area contributed by atoms with Crippen LogP contribution in [0.15, 0.2) is 0 Å². The number of rotatable bonds is 2. The van der Waals surface area contributed by atoms with Gasteiger partial charge in [0.25, 0.3) is 0 Å².